The van der Waals surface area contributed by atoms with Gasteiger partial charge in [-0.05, 0) is 49.2 Å². The van der Waals surface area contributed by atoms with Gasteiger partial charge in [-0.2, -0.15) is 0 Å². The van der Waals surface area contributed by atoms with E-state index in [1.54, 1.807) is 21.3 Å². The molecule has 0 spiro atoms. The van der Waals surface area contributed by atoms with E-state index >= 15 is 0 Å². The molecule has 0 amide bonds. The molecule has 1 aromatic heterocycles. The summed E-state index contributed by atoms with van der Waals surface area (Å²) in [5.41, 5.74) is 2.55. The number of methoxy groups -OCH3 is 3. The van der Waals surface area contributed by atoms with E-state index in [4.69, 9.17) is 14.2 Å². The minimum atomic E-state index is 0.462. The molecule has 2 aromatic rings. The van der Waals surface area contributed by atoms with Gasteiger partial charge in [0.25, 0.3) is 0 Å². The number of likely N-dealkylation sites (tertiary alicyclic amines) is 1. The molecule has 0 aliphatic carbocycles. The van der Waals surface area contributed by atoms with Crippen LogP contribution in [-0.2, 0) is 13.6 Å². The number of rotatable bonds is 6. The van der Waals surface area contributed by atoms with Crippen LogP contribution in [-0.4, -0.2) is 37.3 Å². The van der Waals surface area contributed by atoms with Gasteiger partial charge in [-0.15, -0.1) is 0 Å². The van der Waals surface area contributed by atoms with Crippen LogP contribution in [0.15, 0.2) is 30.5 Å². The maximum Gasteiger partial charge on any atom is 0.203 e. The molecule has 1 fully saturated rings. The van der Waals surface area contributed by atoms with E-state index in [1.807, 2.05) is 12.1 Å². The Kier molecular flexibility index (Phi) is 5.00. The molecule has 1 saturated heterocycles. The van der Waals surface area contributed by atoms with Crippen molar-refractivity contribution in [3.63, 3.8) is 0 Å². The van der Waals surface area contributed by atoms with Crippen LogP contribution in [0.5, 0.6) is 17.2 Å². The first kappa shape index (κ1) is 16.7. The quantitative estimate of drug-likeness (QED) is 0.813. The maximum atomic E-state index is 5.47. The predicted molar refractivity (Wildman–Crippen MR) is 93.9 cm³/mol. The van der Waals surface area contributed by atoms with Gasteiger partial charge in [-0.25, -0.2) is 0 Å². The van der Waals surface area contributed by atoms with Crippen LogP contribution in [0.4, 0.5) is 0 Å². The van der Waals surface area contributed by atoms with Gasteiger partial charge in [0.2, 0.25) is 5.75 Å². The van der Waals surface area contributed by atoms with E-state index in [0.29, 0.717) is 23.3 Å². The summed E-state index contributed by atoms with van der Waals surface area (Å²) in [6.07, 6.45) is 4.54. The number of hydrogen-bond donors (Lipinski definition) is 0. The predicted octanol–water partition coefficient (Wildman–Crippen LogP) is 3.39. The second-order valence-corrected chi connectivity index (χ2v) is 6.21. The summed E-state index contributed by atoms with van der Waals surface area (Å²) < 4.78 is 18.6. The Hall–Kier alpha value is -2.14. The molecule has 1 aliphatic heterocycles. The monoisotopic (exact) mass is 330 g/mol. The van der Waals surface area contributed by atoms with E-state index in [9.17, 15) is 0 Å². The van der Waals surface area contributed by atoms with Crippen molar-refractivity contribution in [2.24, 2.45) is 7.05 Å². The average Bonchev–Trinajstić information content (AvgIpc) is 3.22. The van der Waals surface area contributed by atoms with Gasteiger partial charge in [0.1, 0.15) is 0 Å². The molecule has 0 saturated carbocycles. The van der Waals surface area contributed by atoms with E-state index in [-0.39, 0.29) is 0 Å². The Morgan fingerprint density at radius 2 is 1.79 bits per heavy atom. The zero-order valence-corrected chi connectivity index (χ0v) is 14.9. The van der Waals surface area contributed by atoms with Crippen LogP contribution in [0, 0.1) is 0 Å². The summed E-state index contributed by atoms with van der Waals surface area (Å²) >= 11 is 0. The first-order valence-electron chi connectivity index (χ1n) is 8.32. The standard InChI is InChI=1S/C19H26N2O3/c1-20-9-5-7-15(20)16-8-6-10-21(16)13-14-11-17(22-2)19(24-4)18(12-14)23-3/h5,7,9,11-12,16H,6,8,10,13H2,1-4H3/t16-/m1/s1. The molecule has 24 heavy (non-hydrogen) atoms. The number of nitrogens with zero attached hydrogens (tertiary/aromatic N) is 2. The van der Waals surface area contributed by atoms with Crippen molar-refractivity contribution in [1.82, 2.24) is 9.47 Å². The number of benzene rings is 1. The van der Waals surface area contributed by atoms with Gasteiger partial charge in [-0.1, -0.05) is 0 Å². The summed E-state index contributed by atoms with van der Waals surface area (Å²) in [6.45, 7) is 1.97. The minimum Gasteiger partial charge on any atom is -0.493 e. The summed E-state index contributed by atoms with van der Waals surface area (Å²) in [6, 6.07) is 8.89. The van der Waals surface area contributed by atoms with Crippen LogP contribution >= 0.6 is 0 Å². The number of hydrogen-bond acceptors (Lipinski definition) is 4. The molecule has 5 nitrogen and oxygen atoms in total. The highest BCUT2D eigenvalue weighted by molar-refractivity contribution is 5.53. The Labute approximate surface area is 143 Å². The summed E-state index contributed by atoms with van der Waals surface area (Å²) in [5.74, 6) is 2.06. The Morgan fingerprint density at radius 3 is 2.33 bits per heavy atom. The third-order valence-corrected chi connectivity index (χ3v) is 4.80. The average molecular weight is 330 g/mol. The van der Waals surface area contributed by atoms with Crippen LogP contribution in [0.3, 0.4) is 0 Å². The maximum absolute atomic E-state index is 5.47. The van der Waals surface area contributed by atoms with Crippen molar-refractivity contribution >= 4 is 0 Å². The molecule has 1 atom stereocenters. The van der Waals surface area contributed by atoms with Crippen LogP contribution in [0.2, 0.25) is 0 Å². The Morgan fingerprint density at radius 1 is 1.08 bits per heavy atom. The first-order valence-corrected chi connectivity index (χ1v) is 8.32. The molecule has 0 radical (unpaired) electrons. The fourth-order valence-corrected chi connectivity index (χ4v) is 3.63. The van der Waals surface area contributed by atoms with Crippen molar-refractivity contribution in [2.75, 3.05) is 27.9 Å². The molecule has 2 heterocycles. The summed E-state index contributed by atoms with van der Waals surface area (Å²) in [4.78, 5) is 2.52. The highest BCUT2D eigenvalue weighted by atomic mass is 16.5. The molecule has 0 unspecified atom stereocenters. The van der Waals surface area contributed by atoms with Crippen molar-refractivity contribution in [3.05, 3.63) is 41.7 Å². The van der Waals surface area contributed by atoms with Gasteiger partial charge in [0.15, 0.2) is 11.5 Å². The number of aryl methyl sites for hydroxylation is 1. The molecule has 3 rings (SSSR count). The SMILES string of the molecule is COc1cc(CN2CCC[C@@H]2c2cccn2C)cc(OC)c1OC. The van der Waals surface area contributed by atoms with Gasteiger partial charge in [-0.3, -0.25) is 4.90 Å². The smallest absolute Gasteiger partial charge is 0.203 e. The zero-order valence-electron chi connectivity index (χ0n) is 14.9. The lowest BCUT2D eigenvalue weighted by Gasteiger charge is -2.26. The highest BCUT2D eigenvalue weighted by Gasteiger charge is 2.28. The van der Waals surface area contributed by atoms with Crippen molar-refractivity contribution < 1.29 is 14.2 Å². The molecule has 0 bridgehead atoms. The Balaban J connectivity index is 1.86. The summed E-state index contributed by atoms with van der Waals surface area (Å²) in [5, 5.41) is 0. The molecular formula is C19H26N2O3. The first-order chi connectivity index (χ1) is 11.7. The molecule has 1 aliphatic rings. The lowest BCUT2D eigenvalue weighted by Crippen LogP contribution is -2.24. The van der Waals surface area contributed by atoms with E-state index in [1.165, 1.54) is 24.1 Å². The third kappa shape index (κ3) is 3.08. The molecule has 1 aromatic carbocycles. The third-order valence-electron chi connectivity index (χ3n) is 4.80. The second kappa shape index (κ2) is 7.18. The second-order valence-electron chi connectivity index (χ2n) is 6.21. The zero-order chi connectivity index (χ0) is 17.1. The van der Waals surface area contributed by atoms with Crippen molar-refractivity contribution in [3.8, 4) is 17.2 Å². The lowest BCUT2D eigenvalue weighted by molar-refractivity contribution is 0.240. The van der Waals surface area contributed by atoms with Gasteiger partial charge >= 0.3 is 0 Å². The fourth-order valence-electron chi connectivity index (χ4n) is 3.63. The Bertz CT molecular complexity index is 671. The van der Waals surface area contributed by atoms with Crippen molar-refractivity contribution in [2.45, 2.75) is 25.4 Å². The molecule has 130 valence electrons. The summed E-state index contributed by atoms with van der Waals surface area (Å²) in [7, 11) is 7.06. The van der Waals surface area contributed by atoms with Crippen LogP contribution in [0.1, 0.15) is 30.1 Å². The van der Waals surface area contributed by atoms with Crippen LogP contribution < -0.4 is 14.2 Å². The topological polar surface area (TPSA) is 35.9 Å². The van der Waals surface area contributed by atoms with E-state index in [0.717, 1.165) is 13.1 Å². The normalized spacial score (nSPS) is 17.9. The minimum absolute atomic E-state index is 0.462. The van der Waals surface area contributed by atoms with Gasteiger partial charge in [0.05, 0.1) is 27.4 Å². The van der Waals surface area contributed by atoms with Gasteiger partial charge < -0.3 is 18.8 Å². The van der Waals surface area contributed by atoms with Crippen LogP contribution in [0.25, 0.3) is 0 Å². The molecule has 0 N–H and O–H groups in total. The number of ether oxygens (including phenoxy) is 3. The highest BCUT2D eigenvalue weighted by Crippen LogP contribution is 2.40. The van der Waals surface area contributed by atoms with Gasteiger partial charge in [0, 0.05) is 25.5 Å². The lowest BCUT2D eigenvalue weighted by atomic mass is 10.1. The van der Waals surface area contributed by atoms with E-state index in [2.05, 4.69) is 34.8 Å². The fraction of sp³-hybridized carbons (Fsp3) is 0.474. The largest absolute Gasteiger partial charge is 0.493 e. The number of aromatic nitrogens is 1. The van der Waals surface area contributed by atoms with E-state index < -0.39 is 0 Å². The molecular weight excluding hydrogens is 304 g/mol. The molecule has 5 heteroatoms. The van der Waals surface area contributed by atoms with Crippen molar-refractivity contribution in [1.29, 1.82) is 0 Å².